The Bertz CT molecular complexity index is 933. The van der Waals surface area contributed by atoms with Gasteiger partial charge in [0.25, 0.3) is 0 Å². The van der Waals surface area contributed by atoms with Crippen molar-refractivity contribution in [2.75, 3.05) is 31.4 Å². The summed E-state index contributed by atoms with van der Waals surface area (Å²) in [6.45, 7) is 0.562. The average Bonchev–Trinajstić information content (AvgIpc) is 2.71. The van der Waals surface area contributed by atoms with Crippen LogP contribution >= 0.6 is 0 Å². The maximum atomic E-state index is 13.8. The number of nitrogens with one attached hydrogen (secondary N) is 2. The normalized spacial score (nSPS) is 10.4. The quantitative estimate of drug-likeness (QED) is 0.606. The molecule has 0 aliphatic carbocycles. The smallest absolute Gasteiger partial charge is 0.224 e. The number of methoxy groups -OCH3 is 2. The fraction of sp³-hybridized carbons (Fsp3) is 0.200. The zero-order valence-electron chi connectivity index (χ0n) is 15.5. The summed E-state index contributed by atoms with van der Waals surface area (Å²) >= 11 is 0. The molecule has 0 unspecified atom stereocenters. The van der Waals surface area contributed by atoms with Gasteiger partial charge in [-0.3, -0.25) is 0 Å². The number of rotatable bonds is 8. The molecule has 3 aromatic rings. The first kappa shape index (κ1) is 19.3. The summed E-state index contributed by atoms with van der Waals surface area (Å²) in [7, 11) is 3.18. The van der Waals surface area contributed by atoms with Crippen LogP contribution in [0, 0.1) is 11.6 Å². The fourth-order valence-corrected chi connectivity index (χ4v) is 2.61. The molecule has 0 aliphatic rings. The topological polar surface area (TPSA) is 68.3 Å². The SMILES string of the molecule is COc1ccc(CCNc2nccc(Nc3c(F)cccc3F)n2)cc1OC. The average molecular weight is 386 g/mol. The van der Waals surface area contributed by atoms with Crippen molar-refractivity contribution in [3.05, 3.63) is 65.9 Å². The first-order valence-corrected chi connectivity index (χ1v) is 8.59. The Morgan fingerprint density at radius 2 is 1.71 bits per heavy atom. The molecule has 1 heterocycles. The van der Waals surface area contributed by atoms with E-state index in [1.807, 2.05) is 18.2 Å². The summed E-state index contributed by atoms with van der Waals surface area (Å²) in [6.07, 6.45) is 2.20. The van der Waals surface area contributed by atoms with Gasteiger partial charge in [0.05, 0.1) is 14.2 Å². The molecular formula is C20H20F2N4O2. The van der Waals surface area contributed by atoms with Crippen LogP contribution in [0.25, 0.3) is 0 Å². The molecule has 0 atom stereocenters. The highest BCUT2D eigenvalue weighted by Crippen LogP contribution is 2.27. The van der Waals surface area contributed by atoms with Crippen LogP contribution in [-0.4, -0.2) is 30.7 Å². The van der Waals surface area contributed by atoms with E-state index in [1.165, 1.54) is 30.5 Å². The molecule has 0 saturated carbocycles. The molecule has 0 spiro atoms. The van der Waals surface area contributed by atoms with Gasteiger partial charge in [-0.15, -0.1) is 0 Å². The Balaban J connectivity index is 1.62. The summed E-state index contributed by atoms with van der Waals surface area (Å²) in [4.78, 5) is 8.35. The minimum atomic E-state index is -0.693. The lowest BCUT2D eigenvalue weighted by atomic mass is 10.1. The summed E-state index contributed by atoms with van der Waals surface area (Å²) in [6, 6.07) is 10.9. The molecule has 0 fully saturated rings. The van der Waals surface area contributed by atoms with Crippen LogP contribution in [0.2, 0.25) is 0 Å². The number of hydrogen-bond acceptors (Lipinski definition) is 6. The summed E-state index contributed by atoms with van der Waals surface area (Å²) in [5.74, 6) is 0.578. The van der Waals surface area contributed by atoms with Gasteiger partial charge < -0.3 is 20.1 Å². The van der Waals surface area contributed by atoms with E-state index >= 15 is 0 Å². The predicted octanol–water partition coefficient (Wildman–Crippen LogP) is 4.17. The molecule has 146 valence electrons. The lowest BCUT2D eigenvalue weighted by Gasteiger charge is -2.11. The zero-order chi connectivity index (χ0) is 19.9. The van der Waals surface area contributed by atoms with Gasteiger partial charge in [0.2, 0.25) is 5.95 Å². The molecule has 0 radical (unpaired) electrons. The second-order valence-electron chi connectivity index (χ2n) is 5.85. The van der Waals surface area contributed by atoms with Gasteiger partial charge in [-0.1, -0.05) is 12.1 Å². The van der Waals surface area contributed by atoms with Gasteiger partial charge in [-0.25, -0.2) is 13.8 Å². The second-order valence-corrected chi connectivity index (χ2v) is 5.85. The number of halogens is 2. The number of aromatic nitrogens is 2. The molecule has 3 rings (SSSR count). The monoisotopic (exact) mass is 386 g/mol. The molecule has 0 aliphatic heterocycles. The third kappa shape index (κ3) is 4.64. The van der Waals surface area contributed by atoms with Crippen LogP contribution in [0.15, 0.2) is 48.7 Å². The molecule has 2 N–H and O–H groups in total. The van der Waals surface area contributed by atoms with E-state index in [0.717, 1.165) is 5.56 Å². The zero-order valence-corrected chi connectivity index (χ0v) is 15.5. The minimum Gasteiger partial charge on any atom is -0.493 e. The van der Waals surface area contributed by atoms with Gasteiger partial charge in [0.1, 0.15) is 23.1 Å². The van der Waals surface area contributed by atoms with E-state index < -0.39 is 11.6 Å². The highest BCUT2D eigenvalue weighted by molar-refractivity contribution is 5.58. The number of para-hydroxylation sites is 1. The summed E-state index contributed by atoms with van der Waals surface area (Å²) in [5, 5.41) is 5.74. The highest BCUT2D eigenvalue weighted by Gasteiger charge is 2.10. The van der Waals surface area contributed by atoms with Gasteiger partial charge in [-0.2, -0.15) is 4.98 Å². The third-order valence-electron chi connectivity index (χ3n) is 4.02. The summed E-state index contributed by atoms with van der Waals surface area (Å²) < 4.78 is 38.0. The fourth-order valence-electron chi connectivity index (χ4n) is 2.61. The molecule has 2 aromatic carbocycles. The van der Waals surface area contributed by atoms with Gasteiger partial charge in [0.15, 0.2) is 11.5 Å². The molecule has 28 heavy (non-hydrogen) atoms. The van der Waals surface area contributed by atoms with Crippen LogP contribution in [0.4, 0.5) is 26.2 Å². The van der Waals surface area contributed by atoms with Crippen molar-refractivity contribution in [2.24, 2.45) is 0 Å². The van der Waals surface area contributed by atoms with Crippen molar-refractivity contribution in [1.29, 1.82) is 0 Å². The maximum Gasteiger partial charge on any atom is 0.224 e. The first-order valence-electron chi connectivity index (χ1n) is 8.59. The van der Waals surface area contributed by atoms with Gasteiger partial charge in [-0.05, 0) is 42.3 Å². The lowest BCUT2D eigenvalue weighted by Crippen LogP contribution is -2.09. The second kappa shape index (κ2) is 8.98. The Hall–Kier alpha value is -3.42. The standard InChI is InChI=1S/C20H20F2N4O2/c1-27-16-7-6-13(12-17(16)28-2)8-10-23-20-24-11-9-18(26-20)25-19-14(21)4-3-5-15(19)22/h3-7,9,11-12H,8,10H2,1-2H3,(H2,23,24,25,26). The number of anilines is 3. The van der Waals surface area contributed by atoms with Crippen LogP contribution in [-0.2, 0) is 6.42 Å². The molecule has 0 saturated heterocycles. The maximum absolute atomic E-state index is 13.8. The molecular weight excluding hydrogens is 366 g/mol. The van der Waals surface area contributed by atoms with Crippen molar-refractivity contribution >= 4 is 17.5 Å². The summed E-state index contributed by atoms with van der Waals surface area (Å²) in [5.41, 5.74) is 0.797. The molecule has 0 bridgehead atoms. The van der Waals surface area contributed by atoms with Crippen LogP contribution in [0.3, 0.4) is 0 Å². The highest BCUT2D eigenvalue weighted by atomic mass is 19.1. The number of hydrogen-bond donors (Lipinski definition) is 2. The van der Waals surface area contributed by atoms with Crippen molar-refractivity contribution in [1.82, 2.24) is 9.97 Å². The van der Waals surface area contributed by atoms with Crippen molar-refractivity contribution in [3.8, 4) is 11.5 Å². The van der Waals surface area contributed by atoms with E-state index in [2.05, 4.69) is 20.6 Å². The number of ether oxygens (including phenoxy) is 2. The Morgan fingerprint density at radius 3 is 2.43 bits per heavy atom. The van der Waals surface area contributed by atoms with E-state index in [9.17, 15) is 8.78 Å². The van der Waals surface area contributed by atoms with Crippen molar-refractivity contribution in [2.45, 2.75) is 6.42 Å². The van der Waals surface area contributed by atoms with Gasteiger partial charge >= 0.3 is 0 Å². The minimum absolute atomic E-state index is 0.252. The Morgan fingerprint density at radius 1 is 0.964 bits per heavy atom. The third-order valence-corrected chi connectivity index (χ3v) is 4.02. The van der Waals surface area contributed by atoms with Crippen molar-refractivity contribution in [3.63, 3.8) is 0 Å². The first-order chi connectivity index (χ1) is 13.6. The largest absolute Gasteiger partial charge is 0.493 e. The number of nitrogens with zero attached hydrogens (tertiary/aromatic N) is 2. The molecule has 8 heteroatoms. The predicted molar refractivity (Wildman–Crippen MR) is 103 cm³/mol. The number of benzene rings is 2. The van der Waals surface area contributed by atoms with E-state index in [0.29, 0.717) is 30.4 Å². The lowest BCUT2D eigenvalue weighted by molar-refractivity contribution is 0.354. The Kier molecular flexibility index (Phi) is 6.21. The van der Waals surface area contributed by atoms with Crippen LogP contribution < -0.4 is 20.1 Å². The Labute approximate surface area is 161 Å². The molecule has 6 nitrogen and oxygen atoms in total. The van der Waals surface area contributed by atoms with E-state index in [1.54, 1.807) is 14.2 Å². The van der Waals surface area contributed by atoms with Crippen LogP contribution in [0.5, 0.6) is 11.5 Å². The van der Waals surface area contributed by atoms with E-state index in [-0.39, 0.29) is 11.5 Å². The van der Waals surface area contributed by atoms with Crippen molar-refractivity contribution < 1.29 is 18.3 Å². The van der Waals surface area contributed by atoms with Crippen LogP contribution in [0.1, 0.15) is 5.56 Å². The molecule has 0 amide bonds. The molecule has 1 aromatic heterocycles. The van der Waals surface area contributed by atoms with E-state index in [4.69, 9.17) is 9.47 Å². The van der Waals surface area contributed by atoms with Gasteiger partial charge in [0, 0.05) is 12.7 Å².